The first-order chi connectivity index (χ1) is 19.1. The van der Waals surface area contributed by atoms with E-state index in [4.69, 9.17) is 4.74 Å². The molecular formula is C30H34F3N5O2. The van der Waals surface area contributed by atoms with Crippen LogP contribution in [0.25, 0.3) is 0 Å². The molecule has 212 valence electrons. The van der Waals surface area contributed by atoms with Crippen LogP contribution in [-0.2, 0) is 31.1 Å². The average molecular weight is 554 g/mol. The summed E-state index contributed by atoms with van der Waals surface area (Å²) in [7, 11) is 1.91. The van der Waals surface area contributed by atoms with Crippen LogP contribution in [0.1, 0.15) is 83.4 Å². The van der Waals surface area contributed by atoms with Gasteiger partial charge in [-0.1, -0.05) is 12.1 Å². The number of aryl methyl sites for hydroxylation is 1. The van der Waals surface area contributed by atoms with Gasteiger partial charge in [-0.3, -0.25) is 4.79 Å². The van der Waals surface area contributed by atoms with Crippen LogP contribution in [0.15, 0.2) is 42.7 Å². The fourth-order valence-corrected chi connectivity index (χ4v) is 6.37. The van der Waals surface area contributed by atoms with Gasteiger partial charge in [-0.05, 0) is 85.9 Å². The highest BCUT2D eigenvalue weighted by Gasteiger charge is 2.41. The van der Waals surface area contributed by atoms with E-state index in [0.717, 1.165) is 43.5 Å². The topological polar surface area (TPSA) is 72.3 Å². The normalized spacial score (nSPS) is 19.9. The minimum absolute atomic E-state index is 0.0378. The van der Waals surface area contributed by atoms with Gasteiger partial charge in [0.05, 0.1) is 12.1 Å². The lowest BCUT2D eigenvalue weighted by Gasteiger charge is -2.39. The number of carbonyl (C=O) groups excluding carboxylic acids is 1. The van der Waals surface area contributed by atoms with Crippen LogP contribution < -0.4 is 10.2 Å². The molecule has 2 fully saturated rings. The highest BCUT2D eigenvalue weighted by Crippen LogP contribution is 2.42. The lowest BCUT2D eigenvalue weighted by molar-refractivity contribution is -0.138. The second kappa shape index (κ2) is 10.3. The SMILES string of the molecule is Cn1cnnc1[C@H](c1cccc(N2Cc3c(cc(CNC4(C)CCC4)cc3C(F)(F)F)C2=O)c1)C1CCOCC1. The highest BCUT2D eigenvalue weighted by atomic mass is 19.4. The third-order valence-electron chi connectivity index (χ3n) is 8.89. The molecule has 7 nitrogen and oxygen atoms in total. The number of fused-ring (bicyclic) bond motifs is 1. The van der Waals surface area contributed by atoms with Crippen molar-refractivity contribution in [1.29, 1.82) is 0 Å². The van der Waals surface area contributed by atoms with Crippen LogP contribution in [0.3, 0.4) is 0 Å². The Kier molecular flexibility index (Phi) is 6.94. The molecule has 40 heavy (non-hydrogen) atoms. The van der Waals surface area contributed by atoms with Crippen molar-refractivity contribution in [1.82, 2.24) is 20.1 Å². The molecule has 2 aromatic carbocycles. The first-order valence-electron chi connectivity index (χ1n) is 13.9. The van der Waals surface area contributed by atoms with E-state index in [2.05, 4.69) is 22.4 Å². The Morgan fingerprint density at radius 3 is 2.60 bits per heavy atom. The van der Waals surface area contributed by atoms with Crippen molar-refractivity contribution in [3.8, 4) is 0 Å². The number of hydrogen-bond acceptors (Lipinski definition) is 5. The summed E-state index contributed by atoms with van der Waals surface area (Å²) in [6.45, 7) is 3.58. The Hall–Kier alpha value is -3.24. The zero-order chi connectivity index (χ0) is 28.1. The third kappa shape index (κ3) is 5.03. The van der Waals surface area contributed by atoms with Gasteiger partial charge in [-0.2, -0.15) is 13.2 Å². The second-order valence-electron chi connectivity index (χ2n) is 11.6. The number of amides is 1. The van der Waals surface area contributed by atoms with Gasteiger partial charge in [0.25, 0.3) is 5.91 Å². The standard InChI is InChI=1S/C30H34F3N5O2/c1-29(9-4-10-29)34-16-19-13-23-24(25(14-19)30(31,32)33)17-38(28(23)39)22-6-3-5-21(15-22)26(20-7-11-40-12-8-20)27-36-35-18-37(27)2/h3,5-6,13-15,18,20,26,34H,4,7-12,16-17H2,1-2H3/t26-/m0/s1. The van der Waals surface area contributed by atoms with Gasteiger partial charge < -0.3 is 19.5 Å². The summed E-state index contributed by atoms with van der Waals surface area (Å²) in [5, 5.41) is 11.9. The predicted octanol–water partition coefficient (Wildman–Crippen LogP) is 5.59. The molecule has 3 aliphatic rings. The van der Waals surface area contributed by atoms with Crippen LogP contribution >= 0.6 is 0 Å². The van der Waals surface area contributed by atoms with Crippen molar-refractivity contribution >= 4 is 11.6 Å². The van der Waals surface area contributed by atoms with Crippen molar-refractivity contribution in [2.75, 3.05) is 18.1 Å². The third-order valence-corrected chi connectivity index (χ3v) is 8.89. The summed E-state index contributed by atoms with van der Waals surface area (Å²) < 4.78 is 50.2. The number of rotatable bonds is 7. The Labute approximate surface area is 231 Å². The van der Waals surface area contributed by atoms with Gasteiger partial charge in [0.1, 0.15) is 12.2 Å². The summed E-state index contributed by atoms with van der Waals surface area (Å²) >= 11 is 0. The Morgan fingerprint density at radius 1 is 1.18 bits per heavy atom. The molecule has 1 saturated heterocycles. The highest BCUT2D eigenvalue weighted by molar-refractivity contribution is 6.10. The molecule has 10 heteroatoms. The second-order valence-corrected chi connectivity index (χ2v) is 11.6. The molecule has 1 aliphatic carbocycles. The van der Waals surface area contributed by atoms with Crippen molar-refractivity contribution in [3.63, 3.8) is 0 Å². The summed E-state index contributed by atoms with van der Waals surface area (Å²) in [6, 6.07) is 10.4. The Balaban J connectivity index is 1.33. The molecule has 2 aliphatic heterocycles. The summed E-state index contributed by atoms with van der Waals surface area (Å²) in [6.07, 6.45) is 1.94. The van der Waals surface area contributed by atoms with Crippen LogP contribution in [0.4, 0.5) is 18.9 Å². The van der Waals surface area contributed by atoms with Crippen molar-refractivity contribution < 1.29 is 22.7 Å². The number of anilines is 1. The molecule has 1 saturated carbocycles. The number of nitrogens with one attached hydrogen (secondary N) is 1. The number of alkyl halides is 3. The molecule has 3 aromatic rings. The fourth-order valence-electron chi connectivity index (χ4n) is 6.37. The van der Waals surface area contributed by atoms with E-state index in [1.54, 1.807) is 18.5 Å². The molecular weight excluding hydrogens is 519 g/mol. The van der Waals surface area contributed by atoms with Crippen LogP contribution in [0, 0.1) is 5.92 Å². The monoisotopic (exact) mass is 553 g/mol. The molecule has 0 spiro atoms. The van der Waals surface area contributed by atoms with Crippen LogP contribution in [0.5, 0.6) is 0 Å². The number of halogens is 3. The van der Waals surface area contributed by atoms with Gasteiger partial charge in [0.2, 0.25) is 0 Å². The average Bonchev–Trinajstić information content (AvgIpc) is 3.49. The van der Waals surface area contributed by atoms with Gasteiger partial charge in [0, 0.05) is 49.5 Å². The lowest BCUT2D eigenvalue weighted by Crippen LogP contribution is -2.47. The smallest absolute Gasteiger partial charge is 0.381 e. The zero-order valence-electron chi connectivity index (χ0n) is 22.8. The van der Waals surface area contributed by atoms with E-state index in [9.17, 15) is 18.0 Å². The van der Waals surface area contributed by atoms with Gasteiger partial charge in [0.15, 0.2) is 0 Å². The molecule has 1 aromatic heterocycles. The molecule has 1 N–H and O–H groups in total. The van der Waals surface area contributed by atoms with E-state index >= 15 is 0 Å². The van der Waals surface area contributed by atoms with Crippen LogP contribution in [0.2, 0.25) is 0 Å². The fraction of sp³-hybridized carbons (Fsp3) is 0.500. The van der Waals surface area contributed by atoms with Gasteiger partial charge in [-0.25, -0.2) is 0 Å². The number of aromatic nitrogens is 3. The van der Waals surface area contributed by atoms with Crippen molar-refractivity contribution in [2.24, 2.45) is 13.0 Å². The number of ether oxygens (including phenoxy) is 1. The number of nitrogens with zero attached hydrogens (tertiary/aromatic N) is 4. The molecule has 1 amide bonds. The minimum Gasteiger partial charge on any atom is -0.381 e. The maximum Gasteiger partial charge on any atom is 0.416 e. The van der Waals surface area contributed by atoms with E-state index in [1.807, 2.05) is 29.8 Å². The Morgan fingerprint density at radius 2 is 1.95 bits per heavy atom. The summed E-state index contributed by atoms with van der Waals surface area (Å²) in [4.78, 5) is 15.1. The molecule has 0 unspecified atom stereocenters. The maximum absolute atomic E-state index is 14.2. The molecule has 0 radical (unpaired) electrons. The minimum atomic E-state index is -4.56. The van der Waals surface area contributed by atoms with E-state index in [-0.39, 0.29) is 35.0 Å². The molecule has 1 atom stereocenters. The molecule has 3 heterocycles. The lowest BCUT2D eigenvalue weighted by atomic mass is 9.78. The van der Waals surface area contributed by atoms with Gasteiger partial charge >= 0.3 is 6.18 Å². The quantitative estimate of drug-likeness (QED) is 0.413. The van der Waals surface area contributed by atoms with E-state index in [0.29, 0.717) is 31.0 Å². The van der Waals surface area contributed by atoms with Crippen molar-refractivity contribution in [3.05, 3.63) is 76.4 Å². The largest absolute Gasteiger partial charge is 0.416 e. The number of carbonyl (C=O) groups is 1. The summed E-state index contributed by atoms with van der Waals surface area (Å²) in [5.74, 6) is 0.600. The van der Waals surface area contributed by atoms with Gasteiger partial charge in [-0.15, -0.1) is 10.2 Å². The number of hydrogen-bond donors (Lipinski definition) is 1. The molecule has 6 rings (SSSR count). The first-order valence-corrected chi connectivity index (χ1v) is 13.9. The summed E-state index contributed by atoms with van der Waals surface area (Å²) in [5.41, 5.74) is 1.39. The van der Waals surface area contributed by atoms with E-state index in [1.165, 1.54) is 11.0 Å². The number of benzene rings is 2. The van der Waals surface area contributed by atoms with E-state index < -0.39 is 17.6 Å². The maximum atomic E-state index is 14.2. The first kappa shape index (κ1) is 27.0. The van der Waals surface area contributed by atoms with Crippen molar-refractivity contribution in [2.45, 2.75) is 69.8 Å². The molecule has 0 bridgehead atoms. The zero-order valence-corrected chi connectivity index (χ0v) is 22.8. The van der Waals surface area contributed by atoms with Crippen LogP contribution in [-0.4, -0.2) is 39.4 Å². The predicted molar refractivity (Wildman–Crippen MR) is 144 cm³/mol. The Bertz CT molecular complexity index is 1410.